The Balaban J connectivity index is 2.67. The number of benzene rings is 1. The zero-order valence-electron chi connectivity index (χ0n) is 11.4. The number of carbonyl (C=O) groups excluding carboxylic acids is 1. The predicted octanol–water partition coefficient (Wildman–Crippen LogP) is 2.74. The monoisotopic (exact) mass is 298 g/mol. The fraction of sp³-hybridized carbons (Fsp3) is 0.429. The van der Waals surface area contributed by atoms with E-state index in [1.807, 2.05) is 19.1 Å². The second-order valence-corrected chi connectivity index (χ2v) is 4.89. The number of carboxylic acids is 1. The lowest BCUT2D eigenvalue weighted by Crippen LogP contribution is -2.42. The number of nitrogens with zero attached hydrogens (tertiary/aromatic N) is 1. The molecule has 0 atom stereocenters. The largest absolute Gasteiger partial charge is 0.480 e. The molecule has 6 heteroatoms. The fourth-order valence-electron chi connectivity index (χ4n) is 1.72. The van der Waals surface area contributed by atoms with Gasteiger partial charge >= 0.3 is 12.0 Å². The molecule has 0 aromatic heterocycles. The minimum atomic E-state index is -1.06. The minimum Gasteiger partial charge on any atom is -0.480 e. The van der Waals surface area contributed by atoms with Crippen molar-refractivity contribution in [1.29, 1.82) is 0 Å². The van der Waals surface area contributed by atoms with Crippen molar-refractivity contribution >= 4 is 23.6 Å². The van der Waals surface area contributed by atoms with E-state index in [1.165, 1.54) is 0 Å². The third-order valence-corrected chi connectivity index (χ3v) is 2.96. The highest BCUT2D eigenvalue weighted by Crippen LogP contribution is 2.13. The molecular formula is C14H19ClN2O3. The first-order chi connectivity index (χ1) is 9.52. The molecule has 1 rings (SSSR count). The van der Waals surface area contributed by atoms with Crippen LogP contribution in [0.3, 0.4) is 0 Å². The summed E-state index contributed by atoms with van der Waals surface area (Å²) in [6.45, 7) is 2.64. The number of nitrogens with one attached hydrogen (secondary N) is 1. The number of aliphatic carboxylic acids is 1. The molecule has 0 fully saturated rings. The van der Waals surface area contributed by atoms with E-state index in [1.54, 1.807) is 17.0 Å². The fourth-order valence-corrected chi connectivity index (χ4v) is 1.93. The molecule has 0 aliphatic rings. The average molecular weight is 299 g/mol. The van der Waals surface area contributed by atoms with Gasteiger partial charge in [-0.2, -0.15) is 0 Å². The molecule has 0 radical (unpaired) electrons. The molecule has 1 aromatic carbocycles. The molecular weight excluding hydrogens is 280 g/mol. The number of urea groups is 1. The number of hydrogen-bond donors (Lipinski definition) is 2. The van der Waals surface area contributed by atoms with Crippen LogP contribution in [0.1, 0.15) is 25.3 Å². The smallest absolute Gasteiger partial charge is 0.323 e. The first kappa shape index (κ1) is 16.3. The molecule has 0 saturated heterocycles. The first-order valence-electron chi connectivity index (χ1n) is 6.52. The van der Waals surface area contributed by atoms with Gasteiger partial charge in [0.25, 0.3) is 0 Å². The number of carbonyl (C=O) groups is 2. The summed E-state index contributed by atoms with van der Waals surface area (Å²) in [5.41, 5.74) is 0.916. The SMILES string of the molecule is CCCCN(Cc1cccc(Cl)c1)C(=O)NCC(=O)O. The minimum absolute atomic E-state index is 0.374. The van der Waals surface area contributed by atoms with Crippen molar-refractivity contribution in [1.82, 2.24) is 10.2 Å². The van der Waals surface area contributed by atoms with Gasteiger partial charge in [-0.25, -0.2) is 4.79 Å². The number of unbranched alkanes of at least 4 members (excludes halogenated alkanes) is 1. The van der Waals surface area contributed by atoms with Crippen molar-refractivity contribution in [2.45, 2.75) is 26.3 Å². The Bertz CT molecular complexity index is 465. The Labute approximate surface area is 123 Å². The molecule has 0 unspecified atom stereocenters. The van der Waals surface area contributed by atoms with Gasteiger partial charge in [0.05, 0.1) is 0 Å². The van der Waals surface area contributed by atoms with Crippen LogP contribution >= 0.6 is 11.6 Å². The van der Waals surface area contributed by atoms with Gasteiger partial charge in [0.1, 0.15) is 6.54 Å². The van der Waals surface area contributed by atoms with Gasteiger partial charge in [0, 0.05) is 18.1 Å². The van der Waals surface area contributed by atoms with Gasteiger partial charge in [-0.1, -0.05) is 37.1 Å². The Hall–Kier alpha value is -1.75. The van der Waals surface area contributed by atoms with Crippen LogP contribution in [-0.4, -0.2) is 35.1 Å². The van der Waals surface area contributed by atoms with E-state index >= 15 is 0 Å². The highest BCUT2D eigenvalue weighted by molar-refractivity contribution is 6.30. The summed E-state index contributed by atoms with van der Waals surface area (Å²) in [6.07, 6.45) is 1.82. The zero-order valence-corrected chi connectivity index (χ0v) is 12.2. The van der Waals surface area contributed by atoms with Gasteiger partial charge in [-0.3, -0.25) is 4.79 Å². The maximum absolute atomic E-state index is 12.0. The van der Waals surface area contributed by atoms with Crippen LogP contribution in [0, 0.1) is 0 Å². The van der Waals surface area contributed by atoms with Crippen LogP contribution < -0.4 is 5.32 Å². The second kappa shape index (κ2) is 8.43. The summed E-state index contributed by atoms with van der Waals surface area (Å²) in [7, 11) is 0. The van der Waals surface area contributed by atoms with Crippen LogP contribution in [0.5, 0.6) is 0 Å². The van der Waals surface area contributed by atoms with Crippen molar-refractivity contribution in [2.75, 3.05) is 13.1 Å². The molecule has 0 aliphatic heterocycles. The molecule has 2 N–H and O–H groups in total. The van der Waals surface area contributed by atoms with Gasteiger partial charge in [-0.05, 0) is 24.1 Å². The van der Waals surface area contributed by atoms with E-state index in [2.05, 4.69) is 5.32 Å². The summed E-state index contributed by atoms with van der Waals surface area (Å²) >= 11 is 5.92. The summed E-state index contributed by atoms with van der Waals surface area (Å²) in [6, 6.07) is 6.90. The summed E-state index contributed by atoms with van der Waals surface area (Å²) in [5, 5.41) is 11.6. The molecule has 1 aromatic rings. The Morgan fingerprint density at radius 2 is 2.15 bits per heavy atom. The Morgan fingerprint density at radius 1 is 1.40 bits per heavy atom. The molecule has 5 nitrogen and oxygen atoms in total. The van der Waals surface area contributed by atoms with Crippen molar-refractivity contribution in [3.05, 3.63) is 34.9 Å². The van der Waals surface area contributed by atoms with Gasteiger partial charge in [0.15, 0.2) is 0 Å². The number of hydrogen-bond acceptors (Lipinski definition) is 2. The van der Waals surface area contributed by atoms with E-state index in [0.717, 1.165) is 18.4 Å². The van der Waals surface area contributed by atoms with Gasteiger partial charge in [-0.15, -0.1) is 0 Å². The standard InChI is InChI=1S/C14H19ClN2O3/c1-2-3-7-17(14(20)16-9-13(18)19)10-11-5-4-6-12(15)8-11/h4-6,8H,2-3,7,9-10H2,1H3,(H,16,20)(H,18,19). The van der Waals surface area contributed by atoms with Crippen molar-refractivity contribution in [3.63, 3.8) is 0 Å². The lowest BCUT2D eigenvalue weighted by atomic mass is 10.2. The Morgan fingerprint density at radius 3 is 2.75 bits per heavy atom. The average Bonchev–Trinajstić information content (AvgIpc) is 2.40. The maximum Gasteiger partial charge on any atom is 0.323 e. The Kier molecular flexibility index (Phi) is 6.87. The van der Waals surface area contributed by atoms with Crippen LogP contribution in [0.4, 0.5) is 4.79 Å². The lowest BCUT2D eigenvalue weighted by Gasteiger charge is -2.22. The van der Waals surface area contributed by atoms with Gasteiger partial charge < -0.3 is 15.3 Å². The quantitative estimate of drug-likeness (QED) is 0.813. The van der Waals surface area contributed by atoms with Crippen LogP contribution in [0.15, 0.2) is 24.3 Å². The number of rotatable bonds is 7. The summed E-state index contributed by atoms with van der Waals surface area (Å²) in [5.74, 6) is -1.06. The molecule has 0 aliphatic carbocycles. The topological polar surface area (TPSA) is 69.6 Å². The van der Waals surface area contributed by atoms with E-state index in [9.17, 15) is 9.59 Å². The highest BCUT2D eigenvalue weighted by Gasteiger charge is 2.14. The van der Waals surface area contributed by atoms with E-state index < -0.39 is 5.97 Å². The number of halogens is 1. The number of amides is 2. The van der Waals surface area contributed by atoms with Crippen molar-refractivity contribution < 1.29 is 14.7 Å². The van der Waals surface area contributed by atoms with Crippen molar-refractivity contribution in [2.24, 2.45) is 0 Å². The first-order valence-corrected chi connectivity index (χ1v) is 6.89. The number of carboxylic acid groups (broad SMARTS) is 1. The van der Waals surface area contributed by atoms with Crippen molar-refractivity contribution in [3.8, 4) is 0 Å². The highest BCUT2D eigenvalue weighted by atomic mass is 35.5. The summed E-state index contributed by atoms with van der Waals surface area (Å²) < 4.78 is 0. The molecule has 0 heterocycles. The molecule has 0 saturated carbocycles. The lowest BCUT2D eigenvalue weighted by molar-refractivity contribution is -0.135. The predicted molar refractivity (Wildman–Crippen MR) is 77.8 cm³/mol. The van der Waals surface area contributed by atoms with E-state index in [0.29, 0.717) is 18.1 Å². The van der Waals surface area contributed by atoms with Crippen LogP contribution in [0.2, 0.25) is 5.02 Å². The zero-order chi connectivity index (χ0) is 15.0. The third-order valence-electron chi connectivity index (χ3n) is 2.72. The molecule has 110 valence electrons. The van der Waals surface area contributed by atoms with E-state index in [-0.39, 0.29) is 12.6 Å². The molecule has 0 bridgehead atoms. The maximum atomic E-state index is 12.0. The second-order valence-electron chi connectivity index (χ2n) is 4.46. The van der Waals surface area contributed by atoms with E-state index in [4.69, 9.17) is 16.7 Å². The normalized spacial score (nSPS) is 10.1. The van der Waals surface area contributed by atoms with Crippen LogP contribution in [-0.2, 0) is 11.3 Å². The van der Waals surface area contributed by atoms with Crippen LogP contribution in [0.25, 0.3) is 0 Å². The van der Waals surface area contributed by atoms with Gasteiger partial charge in [0.2, 0.25) is 0 Å². The molecule has 0 spiro atoms. The summed E-state index contributed by atoms with van der Waals surface area (Å²) in [4.78, 5) is 24.0. The molecule has 20 heavy (non-hydrogen) atoms. The third kappa shape index (κ3) is 5.93. The molecule has 2 amide bonds.